The number of nitro groups is 1. The van der Waals surface area contributed by atoms with Crippen LogP contribution in [0.5, 0.6) is 0 Å². The van der Waals surface area contributed by atoms with E-state index in [1.807, 2.05) is 0 Å². The van der Waals surface area contributed by atoms with E-state index in [4.69, 9.17) is 5.11 Å². The molecule has 1 rings (SSSR count). The van der Waals surface area contributed by atoms with Crippen LogP contribution in [-0.2, 0) is 9.53 Å². The first-order valence-electron chi connectivity index (χ1n) is 5.49. The number of hydrogen-bond donors (Lipinski definition) is 1. The highest BCUT2D eigenvalue weighted by molar-refractivity contribution is 5.92. The van der Waals surface area contributed by atoms with Crippen molar-refractivity contribution in [2.75, 3.05) is 6.61 Å². The van der Waals surface area contributed by atoms with Crippen molar-refractivity contribution in [1.82, 2.24) is 9.78 Å². The molecule has 0 aliphatic rings. The third-order valence-corrected chi connectivity index (χ3v) is 2.30. The molecule has 0 fully saturated rings. The third-order valence-electron chi connectivity index (χ3n) is 2.30. The number of rotatable bonds is 6. The van der Waals surface area contributed by atoms with E-state index in [1.165, 1.54) is 6.92 Å². The lowest BCUT2D eigenvalue weighted by atomic mass is 10.2. The highest BCUT2D eigenvalue weighted by Crippen LogP contribution is 2.20. The van der Waals surface area contributed by atoms with Gasteiger partial charge in [-0.1, -0.05) is 0 Å². The summed E-state index contributed by atoms with van der Waals surface area (Å²) < 4.78 is 5.76. The molecule has 1 N–H and O–H groups in total. The lowest BCUT2D eigenvalue weighted by Gasteiger charge is -2.03. The van der Waals surface area contributed by atoms with Crippen molar-refractivity contribution in [2.45, 2.75) is 26.3 Å². The van der Waals surface area contributed by atoms with Gasteiger partial charge in [0.2, 0.25) is 0 Å². The molecule has 9 nitrogen and oxygen atoms in total. The Bertz CT molecular complexity index is 509. The van der Waals surface area contributed by atoms with Gasteiger partial charge in [0.05, 0.1) is 30.4 Å². The van der Waals surface area contributed by atoms with Gasteiger partial charge in [-0.25, -0.2) is 4.79 Å². The van der Waals surface area contributed by atoms with Gasteiger partial charge in [0.1, 0.15) is 0 Å². The van der Waals surface area contributed by atoms with Crippen molar-refractivity contribution in [3.63, 3.8) is 0 Å². The molecule has 19 heavy (non-hydrogen) atoms. The van der Waals surface area contributed by atoms with Crippen LogP contribution in [-0.4, -0.2) is 38.4 Å². The van der Waals surface area contributed by atoms with Gasteiger partial charge in [-0.05, 0) is 18.8 Å². The SMILES string of the molecule is CCOC(=O)c1cn([C@H](C)CC(=O)O)nc1[N+](=O)[O-]. The zero-order chi connectivity index (χ0) is 14.6. The molecule has 0 bridgehead atoms. The van der Waals surface area contributed by atoms with Crippen LogP contribution < -0.4 is 0 Å². The molecule has 104 valence electrons. The summed E-state index contributed by atoms with van der Waals surface area (Å²) in [5, 5.41) is 23.1. The standard InChI is InChI=1S/C10H13N3O6/c1-3-19-10(16)7-5-12(6(2)4-8(14)15)11-9(7)13(17)18/h5-6H,3-4H2,1-2H3,(H,14,15)/t6-/m1/s1. The van der Waals surface area contributed by atoms with Crippen molar-refractivity contribution < 1.29 is 24.4 Å². The minimum absolute atomic E-state index is 0.0752. The molecular formula is C10H13N3O6. The number of carboxylic acid groups (broad SMARTS) is 1. The van der Waals surface area contributed by atoms with E-state index in [9.17, 15) is 19.7 Å². The Morgan fingerprint density at radius 1 is 1.63 bits per heavy atom. The maximum Gasteiger partial charge on any atom is 0.404 e. The van der Waals surface area contributed by atoms with Crippen molar-refractivity contribution in [2.24, 2.45) is 0 Å². The van der Waals surface area contributed by atoms with Crippen molar-refractivity contribution in [3.05, 3.63) is 21.9 Å². The van der Waals surface area contributed by atoms with Crippen LogP contribution in [0.3, 0.4) is 0 Å². The fourth-order valence-corrected chi connectivity index (χ4v) is 1.44. The zero-order valence-electron chi connectivity index (χ0n) is 10.4. The molecule has 0 aliphatic carbocycles. The summed E-state index contributed by atoms with van der Waals surface area (Å²) in [6, 6.07) is -0.612. The molecule has 0 spiro atoms. The normalized spacial score (nSPS) is 11.9. The minimum Gasteiger partial charge on any atom is -0.481 e. The molecule has 1 atom stereocenters. The van der Waals surface area contributed by atoms with Crippen LogP contribution in [0, 0.1) is 10.1 Å². The predicted octanol–water partition coefficient (Wildman–Crippen LogP) is 1.00. The summed E-state index contributed by atoms with van der Waals surface area (Å²) in [4.78, 5) is 32.1. The molecular weight excluding hydrogens is 258 g/mol. The second-order valence-corrected chi connectivity index (χ2v) is 3.77. The third kappa shape index (κ3) is 3.50. The van der Waals surface area contributed by atoms with Crippen molar-refractivity contribution in [1.29, 1.82) is 0 Å². The van der Waals surface area contributed by atoms with Gasteiger partial charge in [0.25, 0.3) is 0 Å². The van der Waals surface area contributed by atoms with E-state index >= 15 is 0 Å². The van der Waals surface area contributed by atoms with Crippen LogP contribution in [0.15, 0.2) is 6.20 Å². The maximum absolute atomic E-state index is 11.5. The number of aromatic nitrogens is 2. The predicted molar refractivity (Wildman–Crippen MR) is 61.8 cm³/mol. The summed E-state index contributed by atoms with van der Waals surface area (Å²) >= 11 is 0. The Morgan fingerprint density at radius 2 is 2.26 bits per heavy atom. The number of aliphatic carboxylic acids is 1. The molecule has 0 radical (unpaired) electrons. The van der Waals surface area contributed by atoms with Crippen LogP contribution >= 0.6 is 0 Å². The Labute approximate surface area is 107 Å². The molecule has 0 unspecified atom stereocenters. The summed E-state index contributed by atoms with van der Waals surface area (Å²) in [6.45, 7) is 3.17. The molecule has 9 heteroatoms. The number of ether oxygens (including phenoxy) is 1. The first-order valence-corrected chi connectivity index (χ1v) is 5.49. The largest absolute Gasteiger partial charge is 0.481 e. The summed E-state index contributed by atoms with van der Waals surface area (Å²) in [7, 11) is 0. The van der Waals surface area contributed by atoms with E-state index in [0.717, 1.165) is 10.9 Å². The smallest absolute Gasteiger partial charge is 0.404 e. The maximum atomic E-state index is 11.5. The second kappa shape index (κ2) is 5.94. The Balaban J connectivity index is 3.10. The second-order valence-electron chi connectivity index (χ2n) is 3.77. The Kier molecular flexibility index (Phi) is 4.56. The number of esters is 1. The van der Waals surface area contributed by atoms with Gasteiger partial charge in [0, 0.05) is 0 Å². The van der Waals surface area contributed by atoms with Crippen LogP contribution in [0.25, 0.3) is 0 Å². The first kappa shape index (κ1) is 14.6. The van der Waals surface area contributed by atoms with E-state index in [0.29, 0.717) is 0 Å². The van der Waals surface area contributed by atoms with Gasteiger partial charge >= 0.3 is 17.8 Å². The molecule has 0 aliphatic heterocycles. The Morgan fingerprint density at radius 3 is 2.74 bits per heavy atom. The number of carboxylic acids is 1. The van der Waals surface area contributed by atoms with Gasteiger partial charge in [-0.2, -0.15) is 4.68 Å². The number of hydrogen-bond acceptors (Lipinski definition) is 6. The highest BCUT2D eigenvalue weighted by Gasteiger charge is 2.29. The van der Waals surface area contributed by atoms with E-state index in [1.54, 1.807) is 6.92 Å². The molecule has 0 amide bonds. The van der Waals surface area contributed by atoms with Gasteiger partial charge in [-0.3, -0.25) is 4.79 Å². The first-order chi connectivity index (χ1) is 8.86. The quantitative estimate of drug-likeness (QED) is 0.464. The zero-order valence-corrected chi connectivity index (χ0v) is 10.4. The molecule has 1 aromatic rings. The lowest BCUT2D eigenvalue weighted by Crippen LogP contribution is -2.11. The lowest BCUT2D eigenvalue weighted by molar-refractivity contribution is -0.390. The minimum atomic E-state index is -1.07. The fraction of sp³-hybridized carbons (Fsp3) is 0.500. The van der Waals surface area contributed by atoms with Gasteiger partial charge < -0.3 is 20.0 Å². The average molecular weight is 271 g/mol. The molecule has 0 aromatic carbocycles. The van der Waals surface area contributed by atoms with Crippen molar-refractivity contribution >= 4 is 17.8 Å². The molecule has 1 aromatic heterocycles. The van der Waals surface area contributed by atoms with Gasteiger partial charge in [-0.15, -0.1) is 0 Å². The number of nitrogens with zero attached hydrogens (tertiary/aromatic N) is 3. The van der Waals surface area contributed by atoms with Gasteiger partial charge in [0.15, 0.2) is 5.56 Å². The summed E-state index contributed by atoms with van der Waals surface area (Å²) in [5.41, 5.74) is -0.288. The number of carbonyl (C=O) groups excluding carboxylic acids is 1. The summed E-state index contributed by atoms with van der Waals surface area (Å²) in [5.74, 6) is -2.57. The van der Waals surface area contributed by atoms with Crippen LogP contribution in [0.2, 0.25) is 0 Å². The monoisotopic (exact) mass is 271 g/mol. The Hall–Kier alpha value is -2.45. The molecule has 0 saturated heterocycles. The molecule has 0 saturated carbocycles. The van der Waals surface area contributed by atoms with E-state index in [2.05, 4.69) is 9.84 Å². The molecule has 1 heterocycles. The van der Waals surface area contributed by atoms with E-state index in [-0.39, 0.29) is 18.6 Å². The average Bonchev–Trinajstić information content (AvgIpc) is 2.73. The number of carbonyl (C=O) groups is 2. The van der Waals surface area contributed by atoms with Crippen LogP contribution in [0.1, 0.15) is 36.7 Å². The van der Waals surface area contributed by atoms with Crippen molar-refractivity contribution in [3.8, 4) is 0 Å². The highest BCUT2D eigenvalue weighted by atomic mass is 16.6. The fourth-order valence-electron chi connectivity index (χ4n) is 1.44. The van der Waals surface area contributed by atoms with E-state index < -0.39 is 28.7 Å². The summed E-state index contributed by atoms with van der Waals surface area (Å²) in [6.07, 6.45) is 0.866. The topological polar surface area (TPSA) is 125 Å². The van der Waals surface area contributed by atoms with Crippen LogP contribution in [0.4, 0.5) is 5.82 Å².